The number of rotatable bonds is 2. The first-order valence-electron chi connectivity index (χ1n) is 3.18. The van der Waals surface area contributed by atoms with E-state index in [1.54, 1.807) is 18.2 Å². The Kier molecular flexibility index (Phi) is 2.16. The van der Waals surface area contributed by atoms with Crippen molar-refractivity contribution in [1.82, 2.24) is 0 Å². The van der Waals surface area contributed by atoms with Crippen LogP contribution in [0.2, 0.25) is 0 Å². The van der Waals surface area contributed by atoms with Crippen LogP contribution >= 0.6 is 0 Å². The first-order valence-corrected chi connectivity index (χ1v) is 3.18. The van der Waals surface area contributed by atoms with E-state index in [2.05, 4.69) is 12.7 Å². The summed E-state index contributed by atoms with van der Waals surface area (Å²) < 4.78 is 4.87. The standard InChI is InChI=1S/C9H9O2/c1-3-7-4-5-8(10)9(6-7)11-2/h4-6,10H,1H2,2H3. The summed E-state index contributed by atoms with van der Waals surface area (Å²) in [6.07, 6.45) is 2.69. The molecule has 0 saturated carbocycles. The van der Waals surface area contributed by atoms with Crippen LogP contribution in [0.1, 0.15) is 5.56 Å². The second-order valence-corrected chi connectivity index (χ2v) is 2.06. The molecule has 0 aliphatic rings. The fourth-order valence-electron chi connectivity index (χ4n) is 0.788. The Balaban J connectivity index is 3.12. The number of phenols is 1. The second-order valence-electron chi connectivity index (χ2n) is 2.06. The van der Waals surface area contributed by atoms with Crippen LogP contribution in [0.5, 0.6) is 11.5 Å². The second kappa shape index (κ2) is 3.10. The lowest BCUT2D eigenvalue weighted by molar-refractivity contribution is 0.373. The van der Waals surface area contributed by atoms with E-state index < -0.39 is 0 Å². The molecule has 1 rings (SSSR count). The Hall–Kier alpha value is -1.44. The molecule has 0 unspecified atom stereocenters. The molecule has 0 fully saturated rings. The van der Waals surface area contributed by atoms with E-state index in [-0.39, 0.29) is 5.75 Å². The number of aromatic hydroxyl groups is 1. The van der Waals surface area contributed by atoms with E-state index in [0.717, 1.165) is 5.56 Å². The van der Waals surface area contributed by atoms with E-state index in [9.17, 15) is 0 Å². The summed E-state index contributed by atoms with van der Waals surface area (Å²) in [5.74, 6) is 0.574. The summed E-state index contributed by atoms with van der Waals surface area (Å²) in [5.41, 5.74) is 0.805. The van der Waals surface area contributed by atoms with Gasteiger partial charge in [-0.25, -0.2) is 0 Å². The summed E-state index contributed by atoms with van der Waals surface area (Å²) in [4.78, 5) is 0. The molecule has 57 valence electrons. The lowest BCUT2D eigenvalue weighted by Gasteiger charge is -2.02. The average Bonchev–Trinajstić information content (AvgIpc) is 2.05. The van der Waals surface area contributed by atoms with Crippen LogP contribution in [-0.2, 0) is 0 Å². The van der Waals surface area contributed by atoms with E-state index in [4.69, 9.17) is 9.84 Å². The maximum Gasteiger partial charge on any atom is 0.161 e. The summed E-state index contributed by atoms with van der Waals surface area (Å²) in [5, 5.41) is 9.16. The molecule has 2 nitrogen and oxygen atoms in total. The van der Waals surface area contributed by atoms with E-state index >= 15 is 0 Å². The molecule has 2 heteroatoms. The Morgan fingerprint density at radius 3 is 2.82 bits per heavy atom. The Bertz CT molecular complexity index is 266. The molecule has 0 spiro atoms. The summed E-state index contributed by atoms with van der Waals surface area (Å²) in [6, 6.07) is 4.93. The molecule has 0 amide bonds. The van der Waals surface area contributed by atoms with Crippen molar-refractivity contribution in [2.24, 2.45) is 0 Å². The first kappa shape index (κ1) is 7.66. The summed E-state index contributed by atoms with van der Waals surface area (Å²) in [6.45, 7) is 3.47. The van der Waals surface area contributed by atoms with Crippen LogP contribution in [0.4, 0.5) is 0 Å². The highest BCUT2D eigenvalue weighted by Crippen LogP contribution is 2.25. The van der Waals surface area contributed by atoms with Gasteiger partial charge >= 0.3 is 0 Å². The van der Waals surface area contributed by atoms with E-state index in [0.29, 0.717) is 5.75 Å². The zero-order chi connectivity index (χ0) is 8.27. The minimum Gasteiger partial charge on any atom is -0.504 e. The van der Waals surface area contributed by atoms with Crippen molar-refractivity contribution < 1.29 is 9.84 Å². The minimum atomic E-state index is 0.131. The SMILES string of the molecule is C=[C]c1ccc(O)c(OC)c1. The van der Waals surface area contributed by atoms with Gasteiger partial charge in [-0.3, -0.25) is 0 Å². The topological polar surface area (TPSA) is 29.5 Å². The zero-order valence-electron chi connectivity index (χ0n) is 6.29. The predicted octanol–water partition coefficient (Wildman–Crippen LogP) is 1.74. The summed E-state index contributed by atoms with van der Waals surface area (Å²) >= 11 is 0. The number of hydrogen-bond donors (Lipinski definition) is 1. The van der Waals surface area contributed by atoms with Crippen molar-refractivity contribution in [2.45, 2.75) is 0 Å². The van der Waals surface area contributed by atoms with Gasteiger partial charge in [-0.2, -0.15) is 0 Å². The third-order valence-electron chi connectivity index (χ3n) is 1.38. The third kappa shape index (κ3) is 1.52. The Morgan fingerprint density at radius 1 is 1.55 bits per heavy atom. The van der Waals surface area contributed by atoms with Crippen LogP contribution < -0.4 is 4.74 Å². The Labute approximate surface area is 65.7 Å². The lowest BCUT2D eigenvalue weighted by Crippen LogP contribution is -1.84. The van der Waals surface area contributed by atoms with Gasteiger partial charge in [0.25, 0.3) is 0 Å². The molecule has 1 N–H and O–H groups in total. The normalized spacial score (nSPS) is 9.18. The monoisotopic (exact) mass is 149 g/mol. The van der Waals surface area contributed by atoms with Gasteiger partial charge in [-0.15, -0.1) is 0 Å². The van der Waals surface area contributed by atoms with Crippen LogP contribution in [0, 0.1) is 6.08 Å². The highest BCUT2D eigenvalue weighted by atomic mass is 16.5. The molecule has 1 aromatic rings. The smallest absolute Gasteiger partial charge is 0.161 e. The summed E-state index contributed by atoms with van der Waals surface area (Å²) in [7, 11) is 1.50. The van der Waals surface area contributed by atoms with Gasteiger partial charge in [0.2, 0.25) is 0 Å². The van der Waals surface area contributed by atoms with Gasteiger partial charge in [0, 0.05) is 0 Å². The molecule has 11 heavy (non-hydrogen) atoms. The van der Waals surface area contributed by atoms with E-state index in [1.165, 1.54) is 7.11 Å². The number of phenolic OH excluding ortho intramolecular Hbond substituents is 1. The van der Waals surface area contributed by atoms with E-state index in [1.807, 2.05) is 0 Å². The molecule has 1 aromatic carbocycles. The quantitative estimate of drug-likeness (QED) is 0.694. The van der Waals surface area contributed by atoms with Gasteiger partial charge in [0.15, 0.2) is 11.5 Å². The molecule has 0 atom stereocenters. The predicted molar refractivity (Wildman–Crippen MR) is 42.6 cm³/mol. The molecule has 0 aliphatic heterocycles. The molecule has 1 radical (unpaired) electrons. The molecular formula is C9H9O2. The van der Waals surface area contributed by atoms with Gasteiger partial charge in [-0.05, 0) is 23.8 Å². The first-order chi connectivity index (χ1) is 5.27. The van der Waals surface area contributed by atoms with Gasteiger partial charge < -0.3 is 9.84 Å². The van der Waals surface area contributed by atoms with Crippen LogP contribution in [0.15, 0.2) is 24.8 Å². The van der Waals surface area contributed by atoms with Crippen molar-refractivity contribution in [3.8, 4) is 11.5 Å². The maximum atomic E-state index is 9.16. The van der Waals surface area contributed by atoms with Gasteiger partial charge in [-0.1, -0.05) is 12.6 Å². The number of hydrogen-bond acceptors (Lipinski definition) is 2. The van der Waals surface area contributed by atoms with Crippen molar-refractivity contribution in [1.29, 1.82) is 0 Å². The van der Waals surface area contributed by atoms with Gasteiger partial charge in [0.1, 0.15) is 0 Å². The molecule has 0 aromatic heterocycles. The zero-order valence-corrected chi connectivity index (χ0v) is 6.29. The molecular weight excluding hydrogens is 140 g/mol. The van der Waals surface area contributed by atoms with Crippen LogP contribution in [0.3, 0.4) is 0 Å². The highest BCUT2D eigenvalue weighted by Gasteiger charge is 1.99. The molecule has 0 aliphatic carbocycles. The average molecular weight is 149 g/mol. The number of benzene rings is 1. The van der Waals surface area contributed by atoms with Crippen LogP contribution in [0.25, 0.3) is 0 Å². The van der Waals surface area contributed by atoms with Crippen molar-refractivity contribution in [3.63, 3.8) is 0 Å². The number of methoxy groups -OCH3 is 1. The van der Waals surface area contributed by atoms with Crippen molar-refractivity contribution in [3.05, 3.63) is 36.4 Å². The highest BCUT2D eigenvalue weighted by molar-refractivity contribution is 5.43. The molecule has 0 saturated heterocycles. The Morgan fingerprint density at radius 2 is 2.27 bits per heavy atom. The maximum absolute atomic E-state index is 9.16. The van der Waals surface area contributed by atoms with Crippen molar-refractivity contribution in [2.75, 3.05) is 7.11 Å². The fourth-order valence-corrected chi connectivity index (χ4v) is 0.788. The van der Waals surface area contributed by atoms with Gasteiger partial charge in [0.05, 0.1) is 7.11 Å². The molecule has 0 heterocycles. The largest absolute Gasteiger partial charge is 0.504 e. The lowest BCUT2D eigenvalue weighted by atomic mass is 10.2. The molecule has 0 bridgehead atoms. The third-order valence-corrected chi connectivity index (χ3v) is 1.38. The minimum absolute atomic E-state index is 0.131. The van der Waals surface area contributed by atoms with Crippen molar-refractivity contribution >= 4 is 0 Å². The van der Waals surface area contributed by atoms with Crippen LogP contribution in [-0.4, -0.2) is 12.2 Å². The fraction of sp³-hybridized carbons (Fsp3) is 0.111. The number of ether oxygens (including phenoxy) is 1.